The van der Waals surface area contributed by atoms with Crippen molar-refractivity contribution in [3.63, 3.8) is 0 Å². The summed E-state index contributed by atoms with van der Waals surface area (Å²) in [5.41, 5.74) is 0. The van der Waals surface area contributed by atoms with Crippen molar-refractivity contribution in [3.8, 4) is 0 Å². The molecule has 0 saturated heterocycles. The molecule has 0 saturated carbocycles. The van der Waals surface area contributed by atoms with Gasteiger partial charge in [0.25, 0.3) is 0 Å². The summed E-state index contributed by atoms with van der Waals surface area (Å²) in [5.74, 6) is 0. The number of halogens is 3. The summed E-state index contributed by atoms with van der Waals surface area (Å²) in [6.45, 7) is 0. The van der Waals surface area contributed by atoms with Gasteiger partial charge in [0, 0.05) is 0 Å². The van der Waals surface area contributed by atoms with Crippen molar-refractivity contribution < 1.29 is 72.5 Å². The average Bonchev–Trinajstić information content (AvgIpc) is 0.811. The predicted molar refractivity (Wildman–Crippen MR) is 11.3 cm³/mol. The minimum atomic E-state index is -4.64. The van der Waals surface area contributed by atoms with E-state index in [-0.39, 0.29) is 62.0 Å². The third kappa shape index (κ3) is 33.2. The molecule has 0 aromatic carbocycles. The first kappa shape index (κ1) is 15.8. The molecule has 0 rings (SSSR count). The van der Waals surface area contributed by atoms with Gasteiger partial charge in [-0.25, -0.2) is 0 Å². The smallest absolute Gasteiger partial charge is 1.00 e. The van der Waals surface area contributed by atoms with Crippen LogP contribution in [0.4, 0.5) is 10.6 Å². The SMILES string of the molecule is [F][Al]([F])[F].[H-].[H-].[Na+].[Na+]. The van der Waals surface area contributed by atoms with E-state index in [4.69, 9.17) is 0 Å². The zero-order valence-electron chi connectivity index (χ0n) is 5.71. The van der Waals surface area contributed by atoms with Gasteiger partial charge in [0.05, 0.1) is 0 Å². The van der Waals surface area contributed by atoms with Crippen molar-refractivity contribution in [1.82, 2.24) is 0 Å². The van der Waals surface area contributed by atoms with Gasteiger partial charge in [-0.2, -0.15) is 0 Å². The van der Waals surface area contributed by atoms with Gasteiger partial charge in [-0.05, 0) is 0 Å². The Hall–Kier alpha value is 2.32. The van der Waals surface area contributed by atoms with Gasteiger partial charge < -0.3 is 13.4 Å². The van der Waals surface area contributed by atoms with Crippen LogP contribution in [0.3, 0.4) is 0 Å². The van der Waals surface area contributed by atoms with Crippen LogP contribution >= 0.6 is 0 Å². The van der Waals surface area contributed by atoms with Gasteiger partial charge in [-0.3, -0.25) is 0 Å². The first-order valence-electron chi connectivity index (χ1n) is 0.655. The molecule has 0 aliphatic carbocycles. The predicted octanol–water partition coefficient (Wildman–Crippen LogP) is -4.89. The van der Waals surface area contributed by atoms with Crippen LogP contribution in [0.25, 0.3) is 0 Å². The van der Waals surface area contributed by atoms with Gasteiger partial charge in [0.1, 0.15) is 0 Å². The van der Waals surface area contributed by atoms with Crippen molar-refractivity contribution >= 4 is 15.5 Å². The molecule has 0 aromatic heterocycles. The molecule has 0 heterocycles. The van der Waals surface area contributed by atoms with Crippen LogP contribution in [-0.2, 0) is 0 Å². The van der Waals surface area contributed by atoms with E-state index in [0.29, 0.717) is 0 Å². The Kier molecular flexibility index (Phi) is 27.1. The van der Waals surface area contributed by atoms with E-state index in [9.17, 15) is 10.6 Å². The molecule has 28 valence electrons. The topological polar surface area (TPSA) is 0 Å². The van der Waals surface area contributed by atoms with Gasteiger partial charge >= 0.3 is 74.6 Å². The zero-order chi connectivity index (χ0) is 3.58. The monoisotopic (exact) mass is 132 g/mol. The van der Waals surface area contributed by atoms with E-state index in [1.165, 1.54) is 0 Å². The summed E-state index contributed by atoms with van der Waals surface area (Å²) in [4.78, 5) is 0. The Balaban J connectivity index is -0.00000000750. The maximum Gasteiger partial charge on any atom is 1.04 e. The fourth-order valence-electron chi connectivity index (χ4n) is 0. The normalized spacial score (nSPS) is 4.50. The fraction of sp³-hybridized carbons (Fsp3) is 0. The van der Waals surface area contributed by atoms with Crippen LogP contribution in [0.2, 0.25) is 0 Å². The Morgan fingerprint density at radius 3 is 1.00 bits per heavy atom. The molecular weight excluding hydrogens is 130 g/mol. The molecule has 0 aliphatic heterocycles. The molecular formula is H2AlF3Na2. The van der Waals surface area contributed by atoms with Crippen LogP contribution < -0.4 is 59.1 Å². The maximum atomic E-state index is 9.81. The Morgan fingerprint density at radius 1 is 1.00 bits per heavy atom. The van der Waals surface area contributed by atoms with Crippen molar-refractivity contribution in [2.75, 3.05) is 0 Å². The minimum Gasteiger partial charge on any atom is -1.00 e. The molecule has 6 heteroatoms. The van der Waals surface area contributed by atoms with Crippen LogP contribution in [0.1, 0.15) is 2.85 Å². The van der Waals surface area contributed by atoms with Gasteiger partial charge in [-0.1, -0.05) is 0 Å². The molecule has 0 aliphatic rings. The summed E-state index contributed by atoms with van der Waals surface area (Å²) in [6, 6.07) is 0. The van der Waals surface area contributed by atoms with Crippen molar-refractivity contribution in [1.29, 1.82) is 0 Å². The average molecular weight is 132 g/mol. The number of hydrogen-bond donors (Lipinski definition) is 0. The van der Waals surface area contributed by atoms with E-state index in [1.54, 1.807) is 0 Å². The number of hydrogen-bond acceptors (Lipinski definition) is 0. The molecule has 0 N–H and O–H groups in total. The summed E-state index contributed by atoms with van der Waals surface area (Å²) >= 11 is -4.64. The molecule has 0 spiro atoms. The van der Waals surface area contributed by atoms with Crippen LogP contribution in [-0.4, -0.2) is 15.5 Å². The molecule has 0 amide bonds. The van der Waals surface area contributed by atoms with E-state index in [0.717, 1.165) is 0 Å². The molecule has 0 radical (unpaired) electrons. The third-order valence-corrected chi connectivity index (χ3v) is 0. The van der Waals surface area contributed by atoms with Crippen molar-refractivity contribution in [2.45, 2.75) is 0 Å². The summed E-state index contributed by atoms with van der Waals surface area (Å²) in [5, 5.41) is 0. The Bertz CT molecular complexity index is 20.0. The van der Waals surface area contributed by atoms with E-state index in [1.807, 2.05) is 0 Å². The Morgan fingerprint density at radius 2 is 1.00 bits per heavy atom. The molecule has 6 heavy (non-hydrogen) atoms. The van der Waals surface area contributed by atoms with E-state index in [2.05, 4.69) is 0 Å². The molecule has 0 nitrogen and oxygen atoms in total. The van der Waals surface area contributed by atoms with Crippen LogP contribution in [0.5, 0.6) is 0 Å². The van der Waals surface area contributed by atoms with Gasteiger partial charge in [0.15, 0.2) is 0 Å². The molecule has 0 bridgehead atoms. The molecule has 0 atom stereocenters. The zero-order valence-corrected chi connectivity index (χ0v) is 8.87. The van der Waals surface area contributed by atoms with Crippen LogP contribution in [0, 0.1) is 0 Å². The summed E-state index contributed by atoms with van der Waals surface area (Å²) in [6.07, 6.45) is 0. The largest absolute Gasteiger partial charge is 1.04 e. The molecule has 0 fully saturated rings. The second-order valence-corrected chi connectivity index (χ2v) is 0.742. The minimum absolute atomic E-state index is 0. The second kappa shape index (κ2) is 10.3. The van der Waals surface area contributed by atoms with E-state index < -0.39 is 15.5 Å². The quantitative estimate of drug-likeness (QED) is 0.290. The van der Waals surface area contributed by atoms with Gasteiger partial charge in [0.2, 0.25) is 0 Å². The number of rotatable bonds is 0. The first-order chi connectivity index (χ1) is 1.73. The van der Waals surface area contributed by atoms with E-state index >= 15 is 0 Å². The Labute approximate surface area is 86.8 Å². The maximum absolute atomic E-state index is 9.81. The van der Waals surface area contributed by atoms with Crippen LogP contribution in [0.15, 0.2) is 0 Å². The van der Waals surface area contributed by atoms with Crippen molar-refractivity contribution in [2.24, 2.45) is 0 Å². The molecule has 0 unspecified atom stereocenters. The summed E-state index contributed by atoms with van der Waals surface area (Å²) in [7, 11) is 0. The first-order valence-corrected chi connectivity index (χ1v) is 1.96. The standard InChI is InChI=1S/Al.3FH.2Na.2H/h;3*1H;;;;/q+3;;;;2*+1;2*-1/p-3. The van der Waals surface area contributed by atoms with Crippen molar-refractivity contribution in [3.05, 3.63) is 0 Å². The third-order valence-electron chi connectivity index (χ3n) is 0. The fourth-order valence-corrected chi connectivity index (χ4v) is 0. The summed E-state index contributed by atoms with van der Waals surface area (Å²) < 4.78 is 29.4. The molecule has 0 aromatic rings. The van der Waals surface area contributed by atoms with Gasteiger partial charge in [-0.15, -0.1) is 0 Å². The second-order valence-electron chi connectivity index (χ2n) is 0.247.